The number of anilines is 1. The van der Waals surface area contributed by atoms with Crippen LogP contribution in [0.1, 0.15) is 0 Å². The standard InChI is InChI=1S/C19H13Br2ClF3N3O2S2/c20-11-8-14(24)16(21)18(17(11)25)32(29,30)28-5-3-27(4-6-28)19-26-15(9-31-19)10-1-2-13(23)12(22)7-10/h1-2,7-9H,3-6H2. The molecular weight excluding hydrogens is 619 g/mol. The molecule has 0 aliphatic carbocycles. The Labute approximate surface area is 208 Å². The second kappa shape index (κ2) is 9.22. The van der Waals surface area contributed by atoms with Crippen LogP contribution >= 0.6 is 54.8 Å². The zero-order chi connectivity index (χ0) is 23.2. The third-order valence-electron chi connectivity index (χ3n) is 4.89. The van der Waals surface area contributed by atoms with Crippen LogP contribution in [0.3, 0.4) is 0 Å². The van der Waals surface area contributed by atoms with Crippen LogP contribution in [-0.4, -0.2) is 43.9 Å². The Hall–Kier alpha value is -1.18. The van der Waals surface area contributed by atoms with Crippen LogP contribution in [0.5, 0.6) is 0 Å². The number of rotatable bonds is 4. The van der Waals surface area contributed by atoms with Crippen LogP contribution in [0.4, 0.5) is 18.3 Å². The van der Waals surface area contributed by atoms with Crippen molar-refractivity contribution in [1.29, 1.82) is 0 Å². The van der Waals surface area contributed by atoms with E-state index in [1.807, 2.05) is 4.90 Å². The van der Waals surface area contributed by atoms with Crippen molar-refractivity contribution >= 4 is 70.0 Å². The minimum absolute atomic E-state index is 0.00162. The number of nitrogens with zero attached hydrogens (tertiary/aromatic N) is 3. The number of piperazine rings is 1. The topological polar surface area (TPSA) is 53.5 Å². The van der Waals surface area contributed by atoms with Crippen molar-refractivity contribution in [2.75, 3.05) is 31.1 Å². The first-order valence-corrected chi connectivity index (χ1v) is 13.4. The zero-order valence-corrected chi connectivity index (χ0v) is 21.5. The zero-order valence-electron chi connectivity index (χ0n) is 16.0. The largest absolute Gasteiger partial charge is 0.345 e. The van der Waals surface area contributed by atoms with Gasteiger partial charge in [-0.1, -0.05) is 11.6 Å². The summed E-state index contributed by atoms with van der Waals surface area (Å²) >= 11 is 12.9. The van der Waals surface area contributed by atoms with Crippen LogP contribution in [0.25, 0.3) is 11.3 Å². The summed E-state index contributed by atoms with van der Waals surface area (Å²) in [7, 11) is -4.27. The smallest absolute Gasteiger partial charge is 0.247 e. The van der Waals surface area contributed by atoms with Gasteiger partial charge in [-0.25, -0.2) is 26.6 Å². The summed E-state index contributed by atoms with van der Waals surface area (Å²) in [5.74, 6) is -2.45. The minimum Gasteiger partial charge on any atom is -0.345 e. The molecule has 0 spiro atoms. The molecule has 1 fully saturated rings. The Morgan fingerprint density at radius 2 is 1.72 bits per heavy atom. The highest BCUT2D eigenvalue weighted by Crippen LogP contribution is 2.35. The fraction of sp³-hybridized carbons (Fsp3) is 0.211. The summed E-state index contributed by atoms with van der Waals surface area (Å²) in [6, 6.07) is 5.20. The maximum absolute atomic E-state index is 14.6. The Balaban J connectivity index is 1.52. The lowest BCUT2D eigenvalue weighted by Crippen LogP contribution is -2.48. The molecule has 32 heavy (non-hydrogen) atoms. The molecule has 0 amide bonds. The van der Waals surface area contributed by atoms with Crippen molar-refractivity contribution in [2.45, 2.75) is 4.90 Å². The number of hydrogen-bond acceptors (Lipinski definition) is 5. The van der Waals surface area contributed by atoms with Gasteiger partial charge in [0.2, 0.25) is 10.0 Å². The lowest BCUT2D eigenvalue weighted by molar-refractivity contribution is 0.381. The molecule has 170 valence electrons. The van der Waals surface area contributed by atoms with Gasteiger partial charge in [0, 0.05) is 37.1 Å². The van der Waals surface area contributed by atoms with Crippen molar-refractivity contribution in [1.82, 2.24) is 9.29 Å². The van der Waals surface area contributed by atoms with Crippen molar-refractivity contribution in [3.8, 4) is 11.3 Å². The number of hydrogen-bond donors (Lipinski definition) is 0. The molecule has 2 aromatic carbocycles. The van der Waals surface area contributed by atoms with Crippen molar-refractivity contribution in [3.63, 3.8) is 0 Å². The van der Waals surface area contributed by atoms with E-state index in [1.54, 1.807) is 11.4 Å². The van der Waals surface area contributed by atoms with E-state index in [2.05, 4.69) is 36.8 Å². The van der Waals surface area contributed by atoms with E-state index in [0.717, 1.165) is 10.4 Å². The third kappa shape index (κ3) is 4.45. The second-order valence-corrected chi connectivity index (χ2v) is 11.6. The lowest BCUT2D eigenvalue weighted by atomic mass is 10.2. The summed E-state index contributed by atoms with van der Waals surface area (Å²) in [5.41, 5.74) is 1.29. The molecule has 5 nitrogen and oxygen atoms in total. The first kappa shape index (κ1) is 24.0. The molecule has 0 saturated carbocycles. The average molecular weight is 632 g/mol. The molecule has 0 bridgehead atoms. The fourth-order valence-electron chi connectivity index (χ4n) is 3.22. The van der Waals surface area contributed by atoms with E-state index in [9.17, 15) is 21.6 Å². The molecule has 4 rings (SSSR count). The molecule has 1 aliphatic rings. The van der Waals surface area contributed by atoms with Gasteiger partial charge in [0.15, 0.2) is 10.9 Å². The van der Waals surface area contributed by atoms with E-state index in [-0.39, 0.29) is 22.6 Å². The Morgan fingerprint density at radius 1 is 1.03 bits per heavy atom. The van der Waals surface area contributed by atoms with Crippen LogP contribution < -0.4 is 4.90 Å². The Bertz CT molecular complexity index is 1270. The summed E-state index contributed by atoms with van der Waals surface area (Å²) in [6.45, 7) is 0.761. The van der Waals surface area contributed by atoms with E-state index in [4.69, 9.17) is 11.6 Å². The van der Waals surface area contributed by atoms with Gasteiger partial charge in [0.25, 0.3) is 0 Å². The van der Waals surface area contributed by atoms with Gasteiger partial charge >= 0.3 is 0 Å². The first-order valence-electron chi connectivity index (χ1n) is 9.08. The molecule has 0 N–H and O–H groups in total. The van der Waals surface area contributed by atoms with Gasteiger partial charge in [0.05, 0.1) is 19.7 Å². The third-order valence-corrected chi connectivity index (χ3v) is 9.64. The minimum atomic E-state index is -4.27. The highest BCUT2D eigenvalue weighted by Gasteiger charge is 2.35. The summed E-state index contributed by atoms with van der Waals surface area (Å²) < 4.78 is 68.4. The van der Waals surface area contributed by atoms with Crippen LogP contribution in [0.15, 0.2) is 43.5 Å². The molecule has 0 radical (unpaired) electrons. The molecule has 1 aliphatic heterocycles. The first-order chi connectivity index (χ1) is 15.1. The van der Waals surface area contributed by atoms with Crippen molar-refractivity contribution in [2.24, 2.45) is 0 Å². The molecule has 13 heteroatoms. The van der Waals surface area contributed by atoms with Gasteiger partial charge < -0.3 is 4.90 Å². The average Bonchev–Trinajstić information content (AvgIpc) is 3.25. The fourth-order valence-corrected chi connectivity index (χ4v) is 7.29. The Kier molecular flexibility index (Phi) is 6.91. The molecule has 3 aromatic rings. The molecule has 0 unspecified atom stereocenters. The maximum Gasteiger partial charge on any atom is 0.247 e. The van der Waals surface area contributed by atoms with Gasteiger partial charge in [-0.05, 0) is 56.1 Å². The lowest BCUT2D eigenvalue weighted by Gasteiger charge is -2.34. The number of halogens is 6. The number of sulfonamides is 1. The SMILES string of the molecule is O=S(=O)(c1c(F)c(Br)cc(F)c1Br)N1CCN(c2nc(-c3ccc(F)c(Cl)c3)cs2)CC1. The number of benzene rings is 2. The van der Waals surface area contributed by atoms with Crippen LogP contribution in [-0.2, 0) is 10.0 Å². The van der Waals surface area contributed by atoms with Gasteiger partial charge in [-0.2, -0.15) is 4.31 Å². The molecule has 2 heterocycles. The Morgan fingerprint density at radius 3 is 2.38 bits per heavy atom. The molecule has 1 saturated heterocycles. The number of thiazole rings is 1. The van der Waals surface area contributed by atoms with Crippen molar-refractivity contribution in [3.05, 3.63) is 61.1 Å². The normalized spacial score (nSPS) is 15.4. The quantitative estimate of drug-likeness (QED) is 0.336. The monoisotopic (exact) mass is 629 g/mol. The molecular formula is C19H13Br2ClF3N3O2S2. The predicted molar refractivity (Wildman–Crippen MR) is 125 cm³/mol. The maximum atomic E-state index is 14.6. The number of aromatic nitrogens is 1. The summed E-state index contributed by atoms with van der Waals surface area (Å²) in [6.07, 6.45) is 0. The highest BCUT2D eigenvalue weighted by atomic mass is 79.9. The molecule has 1 aromatic heterocycles. The molecule has 0 atom stereocenters. The van der Waals surface area contributed by atoms with E-state index < -0.39 is 36.8 Å². The summed E-state index contributed by atoms with van der Waals surface area (Å²) in [5, 5.41) is 2.47. The van der Waals surface area contributed by atoms with Crippen molar-refractivity contribution < 1.29 is 21.6 Å². The van der Waals surface area contributed by atoms with Gasteiger partial charge in [-0.3, -0.25) is 0 Å². The second-order valence-electron chi connectivity index (χ2n) is 6.83. The van der Waals surface area contributed by atoms with Crippen LogP contribution in [0, 0.1) is 17.5 Å². The van der Waals surface area contributed by atoms with Gasteiger partial charge in [-0.15, -0.1) is 11.3 Å². The highest BCUT2D eigenvalue weighted by molar-refractivity contribution is 9.11. The van der Waals surface area contributed by atoms with Crippen LogP contribution in [0.2, 0.25) is 5.02 Å². The van der Waals surface area contributed by atoms with E-state index in [0.29, 0.717) is 29.5 Å². The van der Waals surface area contributed by atoms with E-state index >= 15 is 0 Å². The summed E-state index contributed by atoms with van der Waals surface area (Å²) in [4.78, 5) is 5.71. The van der Waals surface area contributed by atoms with E-state index in [1.165, 1.54) is 23.5 Å². The van der Waals surface area contributed by atoms with Gasteiger partial charge in [0.1, 0.15) is 16.5 Å². The predicted octanol–water partition coefficient (Wildman–Crippen LogP) is 5.92.